The van der Waals surface area contributed by atoms with E-state index < -0.39 is 52.5 Å². The van der Waals surface area contributed by atoms with Crippen LogP contribution in [-0.2, 0) is 32.1 Å². The Kier molecular flexibility index (Phi) is 6.12. The van der Waals surface area contributed by atoms with Crippen LogP contribution < -0.4 is 0 Å². The molecule has 10 heteroatoms. The molecule has 0 saturated carbocycles. The van der Waals surface area contributed by atoms with Gasteiger partial charge in [-0.1, -0.05) is 54.1 Å². The van der Waals surface area contributed by atoms with E-state index in [4.69, 9.17) is 8.92 Å². The second kappa shape index (κ2) is 8.60. The van der Waals surface area contributed by atoms with Crippen molar-refractivity contribution in [2.45, 2.75) is 30.9 Å². The predicted molar refractivity (Wildman–Crippen MR) is 107 cm³/mol. The third-order valence-electron chi connectivity index (χ3n) is 5.49. The Hall–Kier alpha value is -2.66. The first-order valence-corrected chi connectivity index (χ1v) is 10.7. The van der Waals surface area contributed by atoms with Crippen LogP contribution in [0, 0.1) is 18.6 Å². The van der Waals surface area contributed by atoms with Gasteiger partial charge in [-0.2, -0.15) is 13.2 Å². The van der Waals surface area contributed by atoms with Crippen LogP contribution in [0.25, 0.3) is 0 Å². The lowest BCUT2D eigenvalue weighted by Gasteiger charge is -2.27. The topological polar surface area (TPSA) is 61.9 Å². The Balaban J connectivity index is 1.94. The number of benzene rings is 3. The van der Waals surface area contributed by atoms with Gasteiger partial charge < -0.3 is 9.29 Å². The highest BCUT2D eigenvalue weighted by Crippen LogP contribution is 2.66. The minimum atomic E-state index is -4.75. The minimum absolute atomic E-state index is 0.223. The van der Waals surface area contributed by atoms with Gasteiger partial charge in [0.2, 0.25) is 0 Å². The Morgan fingerprint density at radius 2 is 1.73 bits per heavy atom. The van der Waals surface area contributed by atoms with E-state index in [2.05, 4.69) is 0 Å². The van der Waals surface area contributed by atoms with Crippen LogP contribution in [0.5, 0.6) is 0 Å². The number of hydrogen-bond donors (Lipinski definition) is 0. The molecule has 4 unspecified atom stereocenters. The number of rotatable bonds is 6. The van der Waals surface area contributed by atoms with Crippen molar-refractivity contribution in [1.82, 2.24) is 0 Å². The van der Waals surface area contributed by atoms with E-state index in [1.165, 1.54) is 24.3 Å². The SMILES string of the molecule is Cc1ccc(C(OS(=O)[O-])C2(c3ccc(F)cc3F)OC2c2ccccc2C(F)(F)F)cc1. The van der Waals surface area contributed by atoms with E-state index in [1.54, 1.807) is 19.1 Å². The minimum Gasteiger partial charge on any atom is -0.750 e. The molecule has 3 aromatic rings. The molecule has 1 heterocycles. The van der Waals surface area contributed by atoms with Gasteiger partial charge in [-0.15, -0.1) is 0 Å². The molecular weight excluding hydrogens is 467 g/mol. The second-order valence-corrected chi connectivity index (χ2v) is 8.19. The summed E-state index contributed by atoms with van der Waals surface area (Å²) in [7, 11) is 0. The molecule has 0 spiro atoms. The van der Waals surface area contributed by atoms with Gasteiger partial charge in [0.05, 0.1) is 16.9 Å². The predicted octanol–water partition coefficient (Wildman–Crippen LogP) is 5.81. The number of alkyl halides is 3. The summed E-state index contributed by atoms with van der Waals surface area (Å²) in [5, 5.41) is 0. The maximum absolute atomic E-state index is 14.9. The molecule has 174 valence electrons. The van der Waals surface area contributed by atoms with E-state index in [0.717, 1.165) is 29.8 Å². The highest BCUT2D eigenvalue weighted by Gasteiger charge is 2.67. The van der Waals surface area contributed by atoms with Crippen molar-refractivity contribution in [3.05, 3.63) is 106 Å². The van der Waals surface area contributed by atoms with Crippen LogP contribution in [0.15, 0.2) is 66.7 Å². The maximum Gasteiger partial charge on any atom is 0.416 e. The first-order chi connectivity index (χ1) is 15.5. The first-order valence-electron chi connectivity index (χ1n) is 9.66. The van der Waals surface area contributed by atoms with Crippen LogP contribution >= 0.6 is 0 Å². The first kappa shape index (κ1) is 23.5. The molecule has 4 rings (SSSR count). The zero-order valence-corrected chi connectivity index (χ0v) is 17.8. The number of halogens is 5. The fraction of sp³-hybridized carbons (Fsp3) is 0.217. The zero-order valence-electron chi connectivity index (χ0n) is 16.9. The fourth-order valence-electron chi connectivity index (χ4n) is 3.99. The average molecular weight is 483 g/mol. The monoisotopic (exact) mass is 483 g/mol. The van der Waals surface area contributed by atoms with Gasteiger partial charge in [0.1, 0.15) is 23.8 Å². The molecule has 0 amide bonds. The van der Waals surface area contributed by atoms with Gasteiger partial charge in [0.25, 0.3) is 0 Å². The molecule has 0 bridgehead atoms. The summed E-state index contributed by atoms with van der Waals surface area (Å²) in [6, 6.07) is 13.3. The molecule has 0 aromatic heterocycles. The van der Waals surface area contributed by atoms with Crippen LogP contribution in [0.1, 0.15) is 40.0 Å². The van der Waals surface area contributed by atoms with E-state index in [1.807, 2.05) is 0 Å². The highest BCUT2D eigenvalue weighted by molar-refractivity contribution is 7.74. The Labute approximate surface area is 188 Å². The van der Waals surface area contributed by atoms with Crippen LogP contribution in [-0.4, -0.2) is 8.76 Å². The summed E-state index contributed by atoms with van der Waals surface area (Å²) in [5.41, 5.74) is -2.65. The van der Waals surface area contributed by atoms with E-state index in [0.29, 0.717) is 6.07 Å². The van der Waals surface area contributed by atoms with E-state index >= 15 is 0 Å². The van der Waals surface area contributed by atoms with E-state index in [9.17, 15) is 30.7 Å². The lowest BCUT2D eigenvalue weighted by molar-refractivity contribution is -0.138. The standard InChI is InChI=1S/C23H17F5O4S/c1-13-6-8-14(9-7-13)20(32-33(29)30)22(18-11-10-15(24)12-19(18)25)21(31-22)16-4-2-3-5-17(16)23(26,27)28/h2-12,20-21H,1H3,(H,29,30)/p-1. The van der Waals surface area contributed by atoms with Crippen LogP contribution in [0.2, 0.25) is 0 Å². The molecule has 4 nitrogen and oxygen atoms in total. The smallest absolute Gasteiger partial charge is 0.416 e. The van der Waals surface area contributed by atoms with Crippen molar-refractivity contribution >= 4 is 11.4 Å². The summed E-state index contributed by atoms with van der Waals surface area (Å²) in [6.45, 7) is 1.77. The lowest BCUT2D eigenvalue weighted by atomic mass is 9.82. The molecule has 0 aliphatic carbocycles. The molecule has 1 fully saturated rings. The van der Waals surface area contributed by atoms with Crippen molar-refractivity contribution in [3.63, 3.8) is 0 Å². The normalized spacial score (nSPS) is 22.1. The Morgan fingerprint density at radius 3 is 2.33 bits per heavy atom. The second-order valence-electron chi connectivity index (χ2n) is 7.59. The van der Waals surface area contributed by atoms with Gasteiger partial charge in [-0.3, -0.25) is 4.18 Å². The molecule has 0 radical (unpaired) electrons. The number of ether oxygens (including phenoxy) is 1. The van der Waals surface area contributed by atoms with Crippen LogP contribution in [0.4, 0.5) is 22.0 Å². The van der Waals surface area contributed by atoms with Gasteiger partial charge in [-0.25, -0.2) is 13.0 Å². The number of aryl methyl sites for hydroxylation is 1. The summed E-state index contributed by atoms with van der Waals surface area (Å²) < 4.78 is 104. The third kappa shape index (κ3) is 4.43. The molecule has 1 aliphatic rings. The van der Waals surface area contributed by atoms with Crippen molar-refractivity contribution in [3.8, 4) is 0 Å². The fourth-order valence-corrected chi connectivity index (χ4v) is 4.40. The largest absolute Gasteiger partial charge is 0.750 e. The van der Waals surface area contributed by atoms with Crippen LogP contribution in [0.3, 0.4) is 0 Å². The zero-order chi connectivity index (χ0) is 24.0. The Bertz CT molecular complexity index is 1200. The number of epoxide rings is 1. The molecule has 3 aromatic carbocycles. The van der Waals surface area contributed by atoms with Gasteiger partial charge in [-0.05, 0) is 30.2 Å². The number of hydrogen-bond acceptors (Lipinski definition) is 4. The average Bonchev–Trinajstić information content (AvgIpc) is 3.48. The highest BCUT2D eigenvalue weighted by atomic mass is 32.2. The molecular formula is C23H16F5O4S-. The summed E-state index contributed by atoms with van der Waals surface area (Å²) in [4.78, 5) is 0. The Morgan fingerprint density at radius 1 is 1.06 bits per heavy atom. The summed E-state index contributed by atoms with van der Waals surface area (Å²) in [6.07, 6.45) is -7.73. The van der Waals surface area contributed by atoms with Gasteiger partial charge >= 0.3 is 6.18 Å². The maximum atomic E-state index is 14.9. The van der Waals surface area contributed by atoms with Gasteiger partial charge in [0, 0.05) is 11.6 Å². The molecule has 33 heavy (non-hydrogen) atoms. The molecule has 4 atom stereocenters. The van der Waals surface area contributed by atoms with Crippen molar-refractivity contribution in [1.29, 1.82) is 0 Å². The quantitative estimate of drug-likeness (QED) is 0.252. The molecule has 1 aliphatic heterocycles. The molecule has 0 N–H and O–H groups in total. The molecule has 1 saturated heterocycles. The lowest BCUT2D eigenvalue weighted by Crippen LogP contribution is -2.26. The summed E-state index contributed by atoms with van der Waals surface area (Å²) in [5.74, 6) is -2.03. The van der Waals surface area contributed by atoms with Gasteiger partial charge in [0.15, 0.2) is 5.60 Å². The third-order valence-corrected chi connectivity index (χ3v) is 5.84. The summed E-state index contributed by atoms with van der Waals surface area (Å²) >= 11 is -3.14. The van der Waals surface area contributed by atoms with Crippen molar-refractivity contribution in [2.75, 3.05) is 0 Å². The van der Waals surface area contributed by atoms with Crippen molar-refractivity contribution in [2.24, 2.45) is 0 Å². The van der Waals surface area contributed by atoms with Crippen molar-refractivity contribution < 1.29 is 39.6 Å². The van der Waals surface area contributed by atoms with E-state index in [-0.39, 0.29) is 16.7 Å².